The molecule has 1 aliphatic rings. The van der Waals surface area contributed by atoms with E-state index in [1.807, 2.05) is 12.1 Å². The van der Waals surface area contributed by atoms with Gasteiger partial charge in [-0.3, -0.25) is 4.90 Å². The van der Waals surface area contributed by atoms with Gasteiger partial charge >= 0.3 is 0 Å². The van der Waals surface area contributed by atoms with E-state index >= 15 is 0 Å². The van der Waals surface area contributed by atoms with Gasteiger partial charge in [-0.25, -0.2) is 0 Å². The van der Waals surface area contributed by atoms with Crippen molar-refractivity contribution in [1.82, 2.24) is 10.2 Å². The van der Waals surface area contributed by atoms with E-state index in [2.05, 4.69) is 10.2 Å². The summed E-state index contributed by atoms with van der Waals surface area (Å²) in [6.07, 6.45) is 0. The molecule has 0 amide bonds. The van der Waals surface area contributed by atoms with E-state index in [1.54, 1.807) is 21.3 Å². The molecule has 1 aromatic carbocycles. The van der Waals surface area contributed by atoms with Crippen LogP contribution in [0.4, 0.5) is 0 Å². The van der Waals surface area contributed by atoms with Gasteiger partial charge in [0, 0.05) is 44.4 Å². The SMILES string of the molecule is COc1cc(OC)c(OC)cc1CNCCN1CCOCC1.Cl.Cl. The molecule has 1 heterocycles. The van der Waals surface area contributed by atoms with Crippen molar-refractivity contribution in [2.45, 2.75) is 6.54 Å². The number of morpholine rings is 1. The molecule has 0 unspecified atom stereocenters. The Morgan fingerprint density at radius 2 is 1.54 bits per heavy atom. The third kappa shape index (κ3) is 6.53. The zero-order valence-corrected chi connectivity index (χ0v) is 16.1. The second-order valence-electron chi connectivity index (χ2n) is 5.15. The van der Waals surface area contributed by atoms with E-state index in [4.69, 9.17) is 18.9 Å². The van der Waals surface area contributed by atoms with Crippen LogP contribution in [0.1, 0.15) is 5.56 Å². The molecular formula is C16H28Cl2N2O4. The van der Waals surface area contributed by atoms with Crippen molar-refractivity contribution >= 4 is 24.8 Å². The third-order valence-electron chi connectivity index (χ3n) is 3.81. The Morgan fingerprint density at radius 3 is 2.12 bits per heavy atom. The van der Waals surface area contributed by atoms with Crippen molar-refractivity contribution < 1.29 is 18.9 Å². The first-order valence-electron chi connectivity index (χ1n) is 7.58. The summed E-state index contributed by atoms with van der Waals surface area (Å²) < 4.78 is 21.4. The first-order chi connectivity index (χ1) is 10.8. The summed E-state index contributed by atoms with van der Waals surface area (Å²) in [6.45, 7) is 6.39. The summed E-state index contributed by atoms with van der Waals surface area (Å²) >= 11 is 0. The maximum atomic E-state index is 5.43. The van der Waals surface area contributed by atoms with Crippen molar-refractivity contribution in [3.05, 3.63) is 17.7 Å². The predicted octanol–water partition coefficient (Wildman–Crippen LogP) is 1.98. The smallest absolute Gasteiger partial charge is 0.164 e. The lowest BCUT2D eigenvalue weighted by Gasteiger charge is -2.26. The number of nitrogens with one attached hydrogen (secondary N) is 1. The summed E-state index contributed by atoms with van der Waals surface area (Å²) in [5.74, 6) is 2.20. The van der Waals surface area contributed by atoms with Gasteiger partial charge in [0.25, 0.3) is 0 Å². The fraction of sp³-hybridized carbons (Fsp3) is 0.625. The number of nitrogens with zero attached hydrogens (tertiary/aromatic N) is 1. The molecule has 24 heavy (non-hydrogen) atoms. The van der Waals surface area contributed by atoms with Crippen molar-refractivity contribution in [3.8, 4) is 17.2 Å². The van der Waals surface area contributed by atoms with Crippen LogP contribution in [0.5, 0.6) is 17.2 Å². The minimum absolute atomic E-state index is 0. The highest BCUT2D eigenvalue weighted by Crippen LogP contribution is 2.34. The fourth-order valence-corrected chi connectivity index (χ4v) is 2.52. The number of methoxy groups -OCH3 is 3. The lowest BCUT2D eigenvalue weighted by Crippen LogP contribution is -2.40. The molecule has 140 valence electrons. The molecule has 2 rings (SSSR count). The van der Waals surface area contributed by atoms with Crippen LogP contribution in [-0.2, 0) is 11.3 Å². The second-order valence-corrected chi connectivity index (χ2v) is 5.15. The average Bonchev–Trinajstić information content (AvgIpc) is 2.58. The Labute approximate surface area is 156 Å². The summed E-state index contributed by atoms with van der Waals surface area (Å²) in [7, 11) is 4.93. The van der Waals surface area contributed by atoms with Gasteiger partial charge in [0.15, 0.2) is 11.5 Å². The van der Waals surface area contributed by atoms with Crippen molar-refractivity contribution in [1.29, 1.82) is 0 Å². The zero-order chi connectivity index (χ0) is 15.8. The van der Waals surface area contributed by atoms with Crippen LogP contribution < -0.4 is 19.5 Å². The summed E-state index contributed by atoms with van der Waals surface area (Å²) in [5, 5.41) is 3.45. The lowest BCUT2D eigenvalue weighted by atomic mass is 10.1. The Bertz CT molecular complexity index is 472. The van der Waals surface area contributed by atoms with Crippen molar-refractivity contribution in [2.24, 2.45) is 0 Å². The number of benzene rings is 1. The topological polar surface area (TPSA) is 52.2 Å². The standard InChI is InChI=1S/C16H26N2O4.2ClH/c1-19-14-11-16(21-3)15(20-2)10-13(14)12-17-4-5-18-6-8-22-9-7-18;;/h10-11,17H,4-9,12H2,1-3H3;2*1H. The van der Waals surface area contributed by atoms with Gasteiger partial charge in [-0.05, 0) is 6.07 Å². The third-order valence-corrected chi connectivity index (χ3v) is 3.81. The highest BCUT2D eigenvalue weighted by molar-refractivity contribution is 5.85. The van der Waals surface area contributed by atoms with Gasteiger partial charge in [-0.1, -0.05) is 0 Å². The highest BCUT2D eigenvalue weighted by atomic mass is 35.5. The first-order valence-corrected chi connectivity index (χ1v) is 7.58. The average molecular weight is 383 g/mol. The van der Waals surface area contributed by atoms with Crippen LogP contribution in [0.3, 0.4) is 0 Å². The van der Waals surface area contributed by atoms with Crippen molar-refractivity contribution in [3.63, 3.8) is 0 Å². The van der Waals surface area contributed by atoms with E-state index in [0.717, 1.165) is 57.3 Å². The summed E-state index contributed by atoms with van der Waals surface area (Å²) in [6, 6.07) is 3.82. The molecule has 0 atom stereocenters. The highest BCUT2D eigenvalue weighted by Gasteiger charge is 2.12. The monoisotopic (exact) mass is 382 g/mol. The van der Waals surface area contributed by atoms with E-state index in [-0.39, 0.29) is 24.8 Å². The predicted molar refractivity (Wildman–Crippen MR) is 99.6 cm³/mol. The number of halogens is 2. The quantitative estimate of drug-likeness (QED) is 0.693. The minimum atomic E-state index is 0. The zero-order valence-electron chi connectivity index (χ0n) is 14.5. The van der Waals surface area contributed by atoms with Crippen molar-refractivity contribution in [2.75, 3.05) is 60.7 Å². The Morgan fingerprint density at radius 1 is 0.958 bits per heavy atom. The number of hydrogen-bond donors (Lipinski definition) is 1. The Hall–Kier alpha value is -0.920. The first kappa shape index (κ1) is 23.1. The van der Waals surface area contributed by atoms with Gasteiger partial charge in [0.2, 0.25) is 0 Å². The number of hydrogen-bond acceptors (Lipinski definition) is 6. The minimum Gasteiger partial charge on any atom is -0.496 e. The van der Waals surface area contributed by atoms with Gasteiger partial charge < -0.3 is 24.3 Å². The molecule has 1 saturated heterocycles. The normalized spacial score (nSPS) is 14.3. The summed E-state index contributed by atoms with van der Waals surface area (Å²) in [5.41, 5.74) is 1.06. The van der Waals surface area contributed by atoms with Gasteiger partial charge in [0.05, 0.1) is 34.5 Å². The van der Waals surface area contributed by atoms with Crippen LogP contribution in [0.25, 0.3) is 0 Å². The van der Waals surface area contributed by atoms with Gasteiger partial charge in [-0.15, -0.1) is 24.8 Å². The molecule has 1 aromatic rings. The van der Waals surface area contributed by atoms with Crippen LogP contribution in [-0.4, -0.2) is 65.6 Å². The van der Waals surface area contributed by atoms with Crippen LogP contribution in [0.2, 0.25) is 0 Å². The maximum absolute atomic E-state index is 5.43. The molecule has 0 bridgehead atoms. The van der Waals surface area contributed by atoms with E-state index in [0.29, 0.717) is 11.5 Å². The van der Waals surface area contributed by atoms with Crippen LogP contribution in [0, 0.1) is 0 Å². The fourth-order valence-electron chi connectivity index (χ4n) is 2.52. The molecule has 8 heteroatoms. The largest absolute Gasteiger partial charge is 0.496 e. The molecule has 0 radical (unpaired) electrons. The Kier molecular flexibility index (Phi) is 12.0. The van der Waals surface area contributed by atoms with Crippen LogP contribution >= 0.6 is 24.8 Å². The second kappa shape index (κ2) is 12.4. The molecule has 1 aliphatic heterocycles. The molecule has 0 saturated carbocycles. The molecule has 0 aromatic heterocycles. The molecule has 6 nitrogen and oxygen atoms in total. The molecule has 0 spiro atoms. The number of ether oxygens (including phenoxy) is 4. The Balaban J connectivity index is 0.00000264. The van der Waals surface area contributed by atoms with E-state index in [1.165, 1.54) is 0 Å². The van der Waals surface area contributed by atoms with Gasteiger partial charge in [-0.2, -0.15) is 0 Å². The lowest BCUT2D eigenvalue weighted by molar-refractivity contribution is 0.0384. The molecule has 0 aliphatic carbocycles. The molecular weight excluding hydrogens is 355 g/mol. The van der Waals surface area contributed by atoms with Crippen LogP contribution in [0.15, 0.2) is 12.1 Å². The van der Waals surface area contributed by atoms with E-state index < -0.39 is 0 Å². The summed E-state index contributed by atoms with van der Waals surface area (Å²) in [4.78, 5) is 2.41. The van der Waals surface area contributed by atoms with E-state index in [9.17, 15) is 0 Å². The molecule has 1 N–H and O–H groups in total. The number of rotatable bonds is 8. The van der Waals surface area contributed by atoms with Gasteiger partial charge in [0.1, 0.15) is 5.75 Å². The maximum Gasteiger partial charge on any atom is 0.164 e. The molecule has 1 fully saturated rings.